The fraction of sp³-hybridized carbons (Fsp3) is 0.200. The van der Waals surface area contributed by atoms with Crippen molar-refractivity contribution >= 4 is 11.6 Å². The van der Waals surface area contributed by atoms with Crippen LogP contribution in [0.5, 0.6) is 0 Å². The van der Waals surface area contributed by atoms with Crippen LogP contribution in [0, 0.1) is 20.8 Å². The van der Waals surface area contributed by atoms with Crippen LogP contribution in [0.3, 0.4) is 0 Å². The maximum absolute atomic E-state index is 12.3. The highest BCUT2D eigenvalue weighted by atomic mass is 16.5. The molecule has 0 saturated heterocycles. The summed E-state index contributed by atoms with van der Waals surface area (Å²) in [6.45, 7) is 5.45. The van der Waals surface area contributed by atoms with Crippen molar-refractivity contribution in [1.29, 1.82) is 0 Å². The lowest BCUT2D eigenvalue weighted by atomic mass is 10.1. The monoisotopic (exact) mass is 297 g/mol. The Hall–Kier alpha value is -2.96. The fourth-order valence-corrected chi connectivity index (χ4v) is 2.10. The molecule has 3 aromatic rings. The molecule has 0 aliphatic heterocycles. The van der Waals surface area contributed by atoms with Gasteiger partial charge in [0.25, 0.3) is 11.8 Å². The van der Waals surface area contributed by atoms with Crippen LogP contribution in [-0.4, -0.2) is 26.2 Å². The standard InChI is InChI=1S/C15H15N5O2/c1-8-13(9(2)19-18-8)17-14(21)11-4-6-12(7-5-11)15-16-10(3)20-22-15/h4-7H,1-3H3,(H,17,21)(H,18,19). The number of hydrogen-bond donors (Lipinski definition) is 2. The van der Waals surface area contributed by atoms with Crippen LogP contribution in [-0.2, 0) is 0 Å². The van der Waals surface area contributed by atoms with E-state index in [0.717, 1.165) is 17.0 Å². The number of nitrogens with zero attached hydrogens (tertiary/aromatic N) is 3. The Labute approximate surface area is 126 Å². The summed E-state index contributed by atoms with van der Waals surface area (Å²) in [5.41, 5.74) is 3.60. The van der Waals surface area contributed by atoms with E-state index in [-0.39, 0.29) is 5.91 Å². The third-order valence-electron chi connectivity index (χ3n) is 3.29. The summed E-state index contributed by atoms with van der Waals surface area (Å²) in [6.07, 6.45) is 0. The second-order valence-electron chi connectivity index (χ2n) is 4.99. The maximum atomic E-state index is 12.3. The third-order valence-corrected chi connectivity index (χ3v) is 3.29. The molecule has 112 valence electrons. The van der Waals surface area contributed by atoms with Crippen molar-refractivity contribution in [3.8, 4) is 11.5 Å². The molecule has 0 unspecified atom stereocenters. The quantitative estimate of drug-likeness (QED) is 0.774. The number of anilines is 1. The Morgan fingerprint density at radius 2 is 1.91 bits per heavy atom. The normalized spacial score (nSPS) is 10.7. The molecule has 0 spiro atoms. The number of amides is 1. The van der Waals surface area contributed by atoms with E-state index in [4.69, 9.17) is 4.52 Å². The Bertz CT molecular complexity index is 797. The minimum atomic E-state index is -0.194. The summed E-state index contributed by atoms with van der Waals surface area (Å²) >= 11 is 0. The average molecular weight is 297 g/mol. The van der Waals surface area contributed by atoms with Gasteiger partial charge < -0.3 is 9.84 Å². The highest BCUT2D eigenvalue weighted by Crippen LogP contribution is 2.20. The minimum absolute atomic E-state index is 0.194. The Balaban J connectivity index is 1.79. The van der Waals surface area contributed by atoms with Crippen molar-refractivity contribution in [2.24, 2.45) is 0 Å². The lowest BCUT2D eigenvalue weighted by Crippen LogP contribution is -2.12. The first-order valence-corrected chi connectivity index (χ1v) is 6.78. The van der Waals surface area contributed by atoms with Gasteiger partial charge in [-0.2, -0.15) is 10.1 Å². The molecule has 0 bridgehead atoms. The number of aromatic nitrogens is 4. The number of rotatable bonds is 3. The topological polar surface area (TPSA) is 96.7 Å². The summed E-state index contributed by atoms with van der Waals surface area (Å²) < 4.78 is 5.09. The van der Waals surface area contributed by atoms with Crippen LogP contribution < -0.4 is 5.32 Å². The molecule has 0 fully saturated rings. The predicted molar refractivity (Wildman–Crippen MR) is 80.5 cm³/mol. The Morgan fingerprint density at radius 1 is 1.18 bits per heavy atom. The second-order valence-corrected chi connectivity index (χ2v) is 4.99. The summed E-state index contributed by atoms with van der Waals surface area (Å²) in [7, 11) is 0. The van der Waals surface area contributed by atoms with Gasteiger partial charge in [-0.1, -0.05) is 5.16 Å². The van der Waals surface area contributed by atoms with Crippen LogP contribution >= 0.6 is 0 Å². The van der Waals surface area contributed by atoms with Crippen LogP contribution in [0.1, 0.15) is 27.6 Å². The van der Waals surface area contributed by atoms with Crippen molar-refractivity contribution in [2.75, 3.05) is 5.32 Å². The highest BCUT2D eigenvalue weighted by molar-refractivity contribution is 6.05. The van der Waals surface area contributed by atoms with Crippen molar-refractivity contribution in [3.05, 3.63) is 47.0 Å². The van der Waals surface area contributed by atoms with Crippen molar-refractivity contribution in [1.82, 2.24) is 20.3 Å². The number of carbonyl (C=O) groups excluding carboxylic acids is 1. The molecule has 0 radical (unpaired) electrons. The molecule has 0 aliphatic rings. The molecule has 2 heterocycles. The molecule has 1 amide bonds. The van der Waals surface area contributed by atoms with Crippen LogP contribution in [0.15, 0.2) is 28.8 Å². The van der Waals surface area contributed by atoms with Crippen molar-refractivity contribution in [3.63, 3.8) is 0 Å². The molecule has 0 saturated carbocycles. The Kier molecular flexibility index (Phi) is 3.46. The Morgan fingerprint density at radius 3 is 2.45 bits per heavy atom. The molecule has 1 aromatic carbocycles. The molecule has 7 nitrogen and oxygen atoms in total. The zero-order valence-electron chi connectivity index (χ0n) is 12.5. The SMILES string of the molecule is Cc1noc(-c2ccc(C(=O)Nc3c(C)n[nH]c3C)cc2)n1. The number of aromatic amines is 1. The first-order chi connectivity index (χ1) is 10.5. The summed E-state index contributed by atoms with van der Waals surface area (Å²) in [4.78, 5) is 16.4. The molecule has 7 heteroatoms. The second kappa shape index (κ2) is 5.44. The van der Waals surface area contributed by atoms with Crippen molar-refractivity contribution in [2.45, 2.75) is 20.8 Å². The van der Waals surface area contributed by atoms with Gasteiger partial charge in [0.15, 0.2) is 5.82 Å². The number of carbonyl (C=O) groups is 1. The first kappa shape index (κ1) is 14.0. The average Bonchev–Trinajstić information content (AvgIpc) is 3.08. The van der Waals surface area contributed by atoms with Gasteiger partial charge in [0.2, 0.25) is 0 Å². The van der Waals surface area contributed by atoms with E-state index in [1.165, 1.54) is 0 Å². The lowest BCUT2D eigenvalue weighted by molar-refractivity contribution is 0.102. The van der Waals surface area contributed by atoms with E-state index < -0.39 is 0 Å². The number of H-pyrrole nitrogens is 1. The zero-order chi connectivity index (χ0) is 15.7. The molecule has 22 heavy (non-hydrogen) atoms. The van der Waals surface area contributed by atoms with E-state index in [9.17, 15) is 4.79 Å². The zero-order valence-corrected chi connectivity index (χ0v) is 12.5. The summed E-state index contributed by atoms with van der Waals surface area (Å²) in [5.74, 6) is 0.814. The van der Waals surface area contributed by atoms with Gasteiger partial charge in [-0.25, -0.2) is 0 Å². The van der Waals surface area contributed by atoms with Gasteiger partial charge in [0.1, 0.15) is 0 Å². The minimum Gasteiger partial charge on any atom is -0.334 e. The van der Waals surface area contributed by atoms with Gasteiger partial charge in [-0.3, -0.25) is 9.89 Å². The third kappa shape index (κ3) is 2.60. The molecule has 3 rings (SSSR count). The smallest absolute Gasteiger partial charge is 0.257 e. The van der Waals surface area contributed by atoms with E-state index in [2.05, 4.69) is 25.7 Å². The number of benzene rings is 1. The van der Waals surface area contributed by atoms with Crippen LogP contribution in [0.4, 0.5) is 5.69 Å². The molecule has 0 aliphatic carbocycles. The van der Waals surface area contributed by atoms with Crippen LogP contribution in [0.2, 0.25) is 0 Å². The predicted octanol–water partition coefficient (Wildman–Crippen LogP) is 2.64. The number of aryl methyl sites for hydroxylation is 3. The maximum Gasteiger partial charge on any atom is 0.257 e. The van der Waals surface area contributed by atoms with Crippen LogP contribution in [0.25, 0.3) is 11.5 Å². The number of hydrogen-bond acceptors (Lipinski definition) is 5. The van der Waals surface area contributed by atoms with E-state index >= 15 is 0 Å². The summed E-state index contributed by atoms with van der Waals surface area (Å²) in [5, 5.41) is 13.5. The van der Waals surface area contributed by atoms with Gasteiger partial charge in [-0.15, -0.1) is 0 Å². The highest BCUT2D eigenvalue weighted by Gasteiger charge is 2.13. The largest absolute Gasteiger partial charge is 0.334 e. The molecule has 0 atom stereocenters. The molecule has 2 aromatic heterocycles. The van der Waals surface area contributed by atoms with Gasteiger partial charge >= 0.3 is 0 Å². The molecular formula is C15H15N5O2. The number of nitrogens with one attached hydrogen (secondary N) is 2. The van der Waals surface area contributed by atoms with Crippen molar-refractivity contribution < 1.29 is 9.32 Å². The molecule has 2 N–H and O–H groups in total. The fourth-order valence-electron chi connectivity index (χ4n) is 2.10. The first-order valence-electron chi connectivity index (χ1n) is 6.78. The van der Waals surface area contributed by atoms with Gasteiger partial charge in [0.05, 0.1) is 17.1 Å². The van der Waals surface area contributed by atoms with E-state index in [1.54, 1.807) is 31.2 Å². The lowest BCUT2D eigenvalue weighted by Gasteiger charge is -2.05. The van der Waals surface area contributed by atoms with Gasteiger partial charge in [0, 0.05) is 11.1 Å². The van der Waals surface area contributed by atoms with E-state index in [1.807, 2.05) is 13.8 Å². The van der Waals surface area contributed by atoms with Gasteiger partial charge in [-0.05, 0) is 45.0 Å². The summed E-state index contributed by atoms with van der Waals surface area (Å²) in [6, 6.07) is 6.98. The molecular weight excluding hydrogens is 282 g/mol. The van der Waals surface area contributed by atoms with E-state index in [0.29, 0.717) is 23.0 Å².